The molecule has 4 heterocycles. The summed E-state index contributed by atoms with van der Waals surface area (Å²) < 4.78 is 2.25. The van der Waals surface area contributed by atoms with E-state index < -0.39 is 5.60 Å². The molecule has 0 bridgehead atoms. The lowest BCUT2D eigenvalue weighted by molar-refractivity contribution is 0.143. The molecule has 0 radical (unpaired) electrons. The SMILES string of the molecule is CN1CC(n2cc(-c3ccnc(N)n3)c3cc(C#CC(C)(C)O)ncc32)C1. The fourth-order valence-electron chi connectivity index (χ4n) is 3.31. The number of nitrogens with two attached hydrogens (primary N) is 1. The molecule has 1 fully saturated rings. The number of likely N-dealkylation sites (N-methyl/N-ethyl adjacent to an activating group) is 1. The molecule has 0 aromatic carbocycles. The number of nitrogens with zero attached hydrogens (tertiary/aromatic N) is 5. The van der Waals surface area contributed by atoms with E-state index in [1.165, 1.54) is 0 Å². The second-order valence-electron chi connectivity index (χ2n) is 7.52. The predicted molar refractivity (Wildman–Crippen MR) is 105 cm³/mol. The van der Waals surface area contributed by atoms with Crippen molar-refractivity contribution >= 4 is 16.9 Å². The summed E-state index contributed by atoms with van der Waals surface area (Å²) in [4.78, 5) is 15.1. The first-order valence-electron chi connectivity index (χ1n) is 8.84. The summed E-state index contributed by atoms with van der Waals surface area (Å²) in [5.74, 6) is 6.01. The van der Waals surface area contributed by atoms with E-state index in [0.717, 1.165) is 35.2 Å². The summed E-state index contributed by atoms with van der Waals surface area (Å²) in [5, 5.41) is 10.9. The minimum atomic E-state index is -1.07. The topological polar surface area (TPSA) is 93.1 Å². The fraction of sp³-hybridized carbons (Fsp3) is 0.350. The van der Waals surface area contributed by atoms with Crippen molar-refractivity contribution in [3.63, 3.8) is 0 Å². The molecule has 138 valence electrons. The largest absolute Gasteiger partial charge is 0.378 e. The Kier molecular flexibility index (Phi) is 4.10. The minimum Gasteiger partial charge on any atom is -0.378 e. The molecular formula is C20H22N6O. The van der Waals surface area contributed by atoms with Crippen molar-refractivity contribution in [3.05, 3.63) is 36.4 Å². The van der Waals surface area contributed by atoms with Gasteiger partial charge in [0.15, 0.2) is 0 Å². The van der Waals surface area contributed by atoms with E-state index in [-0.39, 0.29) is 5.95 Å². The smallest absolute Gasteiger partial charge is 0.220 e. The van der Waals surface area contributed by atoms with Crippen molar-refractivity contribution in [1.29, 1.82) is 0 Å². The third-order valence-corrected chi connectivity index (χ3v) is 4.60. The average molecular weight is 362 g/mol. The van der Waals surface area contributed by atoms with Gasteiger partial charge in [-0.1, -0.05) is 5.92 Å². The van der Waals surface area contributed by atoms with Crippen molar-refractivity contribution in [1.82, 2.24) is 24.4 Å². The van der Waals surface area contributed by atoms with Crippen LogP contribution in [0.3, 0.4) is 0 Å². The molecule has 3 N–H and O–H groups in total. The zero-order valence-electron chi connectivity index (χ0n) is 15.6. The van der Waals surface area contributed by atoms with Crippen LogP contribution in [0.2, 0.25) is 0 Å². The Bertz CT molecular complexity index is 1060. The van der Waals surface area contributed by atoms with Crippen molar-refractivity contribution in [2.45, 2.75) is 25.5 Å². The van der Waals surface area contributed by atoms with Crippen LogP contribution in [0.5, 0.6) is 0 Å². The van der Waals surface area contributed by atoms with Gasteiger partial charge in [0.05, 0.1) is 23.4 Å². The van der Waals surface area contributed by atoms with Crippen LogP contribution in [0.1, 0.15) is 25.6 Å². The number of aliphatic hydroxyl groups is 1. The molecular weight excluding hydrogens is 340 g/mol. The fourth-order valence-corrected chi connectivity index (χ4v) is 3.31. The second-order valence-corrected chi connectivity index (χ2v) is 7.52. The first-order chi connectivity index (χ1) is 12.8. The van der Waals surface area contributed by atoms with Crippen LogP contribution in [0.4, 0.5) is 5.95 Å². The van der Waals surface area contributed by atoms with Gasteiger partial charge in [0, 0.05) is 36.4 Å². The van der Waals surface area contributed by atoms with Gasteiger partial charge < -0.3 is 20.3 Å². The van der Waals surface area contributed by atoms with Gasteiger partial charge in [0.2, 0.25) is 5.95 Å². The van der Waals surface area contributed by atoms with Gasteiger partial charge in [0.1, 0.15) is 11.3 Å². The van der Waals surface area contributed by atoms with Crippen molar-refractivity contribution < 1.29 is 5.11 Å². The summed E-state index contributed by atoms with van der Waals surface area (Å²) in [6, 6.07) is 4.20. The first-order valence-corrected chi connectivity index (χ1v) is 8.84. The Balaban J connectivity index is 1.87. The van der Waals surface area contributed by atoms with Crippen LogP contribution in [-0.4, -0.2) is 55.3 Å². The number of nitrogen functional groups attached to an aromatic ring is 1. The van der Waals surface area contributed by atoms with Crippen molar-refractivity contribution in [2.24, 2.45) is 0 Å². The first kappa shape index (κ1) is 17.5. The summed E-state index contributed by atoms with van der Waals surface area (Å²) >= 11 is 0. The Morgan fingerprint density at radius 2 is 2.07 bits per heavy atom. The summed E-state index contributed by atoms with van der Waals surface area (Å²) in [6.45, 7) is 5.29. The second kappa shape index (κ2) is 6.34. The number of hydrogen-bond acceptors (Lipinski definition) is 6. The molecule has 1 aliphatic rings. The molecule has 3 aromatic heterocycles. The van der Waals surface area contributed by atoms with Gasteiger partial charge in [-0.15, -0.1) is 0 Å². The molecule has 0 saturated carbocycles. The minimum absolute atomic E-state index is 0.243. The zero-order chi connectivity index (χ0) is 19.2. The summed E-state index contributed by atoms with van der Waals surface area (Å²) in [7, 11) is 2.11. The monoisotopic (exact) mass is 362 g/mol. The van der Waals surface area contributed by atoms with Gasteiger partial charge in [0.25, 0.3) is 0 Å². The maximum atomic E-state index is 9.86. The lowest BCUT2D eigenvalue weighted by Crippen LogP contribution is -2.44. The quantitative estimate of drug-likeness (QED) is 0.674. The number of fused-ring (bicyclic) bond motifs is 1. The van der Waals surface area contributed by atoms with Crippen molar-refractivity contribution in [3.8, 4) is 23.1 Å². The van der Waals surface area contributed by atoms with Gasteiger partial charge in [-0.3, -0.25) is 0 Å². The Morgan fingerprint density at radius 3 is 2.74 bits per heavy atom. The third-order valence-electron chi connectivity index (χ3n) is 4.60. The standard InChI is InChI=1S/C20H22N6O/c1-20(2,27)6-4-13-8-15-16(17-5-7-22-19(21)24-17)12-26(18(15)9-23-13)14-10-25(3)11-14/h5,7-9,12,14,27H,10-11H2,1-3H3,(H2,21,22,24). The van der Waals surface area contributed by atoms with Crippen LogP contribution in [0.25, 0.3) is 22.2 Å². The van der Waals surface area contributed by atoms with E-state index in [4.69, 9.17) is 5.73 Å². The Hall–Kier alpha value is -2.95. The molecule has 3 aromatic rings. The number of hydrogen-bond donors (Lipinski definition) is 2. The normalized spacial score (nSPS) is 15.4. The van der Waals surface area contributed by atoms with E-state index in [1.807, 2.05) is 18.3 Å². The number of aromatic nitrogens is 4. The molecule has 1 saturated heterocycles. The van der Waals surface area contributed by atoms with E-state index in [0.29, 0.717) is 11.7 Å². The lowest BCUT2D eigenvalue weighted by atomic mass is 10.1. The van der Waals surface area contributed by atoms with Crippen molar-refractivity contribution in [2.75, 3.05) is 25.9 Å². The van der Waals surface area contributed by atoms with E-state index in [2.05, 4.69) is 49.5 Å². The van der Waals surface area contributed by atoms with Crippen LogP contribution < -0.4 is 5.73 Å². The molecule has 4 rings (SSSR count). The molecule has 0 atom stereocenters. The molecule has 0 amide bonds. The maximum Gasteiger partial charge on any atom is 0.220 e. The van der Waals surface area contributed by atoms with Crippen LogP contribution in [0.15, 0.2) is 30.7 Å². The lowest BCUT2D eigenvalue weighted by Gasteiger charge is -2.37. The number of anilines is 1. The molecule has 0 aliphatic carbocycles. The molecule has 27 heavy (non-hydrogen) atoms. The predicted octanol–water partition coefficient (Wildman–Crippen LogP) is 1.68. The van der Waals surface area contributed by atoms with E-state index in [1.54, 1.807) is 20.0 Å². The van der Waals surface area contributed by atoms with Gasteiger partial charge >= 0.3 is 0 Å². The van der Waals surface area contributed by atoms with Crippen LogP contribution >= 0.6 is 0 Å². The number of rotatable bonds is 2. The van der Waals surface area contributed by atoms with Crippen LogP contribution in [0, 0.1) is 11.8 Å². The highest BCUT2D eigenvalue weighted by Crippen LogP contribution is 2.34. The highest BCUT2D eigenvalue weighted by Gasteiger charge is 2.27. The molecule has 7 nitrogen and oxygen atoms in total. The third kappa shape index (κ3) is 3.50. The summed E-state index contributed by atoms with van der Waals surface area (Å²) in [6.07, 6.45) is 5.61. The number of pyridine rings is 1. The van der Waals surface area contributed by atoms with E-state index in [9.17, 15) is 5.11 Å². The molecule has 7 heteroatoms. The summed E-state index contributed by atoms with van der Waals surface area (Å²) in [5.41, 5.74) is 8.11. The Morgan fingerprint density at radius 1 is 1.30 bits per heavy atom. The highest BCUT2D eigenvalue weighted by molar-refractivity contribution is 5.95. The average Bonchev–Trinajstić information content (AvgIpc) is 2.95. The number of likely N-dealkylation sites (tertiary alicyclic amines) is 1. The van der Waals surface area contributed by atoms with Gasteiger partial charge in [-0.05, 0) is 38.9 Å². The molecule has 1 aliphatic heterocycles. The zero-order valence-corrected chi connectivity index (χ0v) is 15.6. The van der Waals surface area contributed by atoms with Gasteiger partial charge in [-0.2, -0.15) is 0 Å². The van der Waals surface area contributed by atoms with Gasteiger partial charge in [-0.25, -0.2) is 15.0 Å². The molecule has 0 unspecified atom stereocenters. The van der Waals surface area contributed by atoms with Crippen LogP contribution in [-0.2, 0) is 0 Å². The highest BCUT2D eigenvalue weighted by atomic mass is 16.3. The van der Waals surface area contributed by atoms with E-state index >= 15 is 0 Å². The maximum absolute atomic E-state index is 9.86. The molecule has 0 spiro atoms. The Labute approximate surface area is 157 Å².